The number of anilines is 1. The van der Waals surface area contributed by atoms with E-state index >= 15 is 0 Å². The molecule has 0 aliphatic carbocycles. The third-order valence-corrected chi connectivity index (χ3v) is 4.02. The van der Waals surface area contributed by atoms with E-state index in [2.05, 4.69) is 48.3 Å². The lowest BCUT2D eigenvalue weighted by Gasteiger charge is -2.25. The molecule has 0 aromatic heterocycles. The summed E-state index contributed by atoms with van der Waals surface area (Å²) in [6, 6.07) is 9.01. The first kappa shape index (κ1) is 13.4. The number of benzene rings is 1. The van der Waals surface area contributed by atoms with Crippen molar-refractivity contribution in [3.63, 3.8) is 0 Å². The topological polar surface area (TPSA) is 15.3 Å². The number of nitrogens with one attached hydrogen (secondary N) is 1. The van der Waals surface area contributed by atoms with Crippen molar-refractivity contribution >= 4 is 5.69 Å². The normalized spacial score (nSPS) is 19.6. The van der Waals surface area contributed by atoms with Crippen LogP contribution in [0.4, 0.5) is 5.69 Å². The van der Waals surface area contributed by atoms with E-state index in [0.29, 0.717) is 5.41 Å². The zero-order valence-electron chi connectivity index (χ0n) is 12.0. The van der Waals surface area contributed by atoms with Crippen molar-refractivity contribution in [1.29, 1.82) is 0 Å². The third kappa shape index (κ3) is 3.49. The van der Waals surface area contributed by atoms with E-state index in [1.165, 1.54) is 43.6 Å². The Kier molecular flexibility index (Phi) is 4.28. The second-order valence-electron chi connectivity index (χ2n) is 6.20. The molecule has 0 radical (unpaired) electrons. The summed E-state index contributed by atoms with van der Waals surface area (Å²) in [5, 5.41) is 3.19. The van der Waals surface area contributed by atoms with Crippen molar-refractivity contribution in [2.45, 2.75) is 39.7 Å². The lowest BCUT2D eigenvalue weighted by atomic mass is 9.85. The van der Waals surface area contributed by atoms with Crippen LogP contribution >= 0.6 is 0 Å². The first-order chi connectivity index (χ1) is 8.61. The Bertz CT molecular complexity index is 367. The summed E-state index contributed by atoms with van der Waals surface area (Å²) in [6.45, 7) is 8.14. The molecule has 2 nitrogen and oxygen atoms in total. The maximum atomic E-state index is 3.19. The van der Waals surface area contributed by atoms with Crippen molar-refractivity contribution in [2.75, 3.05) is 25.0 Å². The molecular formula is C16H26N2. The minimum Gasteiger partial charge on any atom is -0.372 e. The Labute approximate surface area is 111 Å². The summed E-state index contributed by atoms with van der Waals surface area (Å²) in [5.41, 5.74) is 3.25. The molecule has 0 saturated carbocycles. The zero-order chi connectivity index (χ0) is 13.0. The SMILES string of the molecule is CNCc1ccc(N2CCCC(C)(C)CC2)cc1. The van der Waals surface area contributed by atoms with E-state index in [0.717, 1.165) is 6.54 Å². The molecule has 0 spiro atoms. The summed E-state index contributed by atoms with van der Waals surface area (Å²) in [4.78, 5) is 2.54. The van der Waals surface area contributed by atoms with Gasteiger partial charge in [0.25, 0.3) is 0 Å². The summed E-state index contributed by atoms with van der Waals surface area (Å²) in [5.74, 6) is 0. The fraction of sp³-hybridized carbons (Fsp3) is 0.625. The van der Waals surface area contributed by atoms with Crippen LogP contribution in [-0.4, -0.2) is 20.1 Å². The van der Waals surface area contributed by atoms with Gasteiger partial charge in [-0.2, -0.15) is 0 Å². The minimum atomic E-state index is 0.515. The van der Waals surface area contributed by atoms with Crippen LogP contribution in [0.2, 0.25) is 0 Å². The van der Waals surface area contributed by atoms with E-state index in [1.807, 2.05) is 7.05 Å². The molecule has 2 heteroatoms. The van der Waals surface area contributed by atoms with Gasteiger partial charge in [0.05, 0.1) is 0 Å². The third-order valence-electron chi connectivity index (χ3n) is 4.02. The van der Waals surface area contributed by atoms with Crippen LogP contribution in [0.5, 0.6) is 0 Å². The maximum absolute atomic E-state index is 3.19. The van der Waals surface area contributed by atoms with Crippen LogP contribution < -0.4 is 10.2 Å². The van der Waals surface area contributed by atoms with Gasteiger partial charge in [-0.15, -0.1) is 0 Å². The smallest absolute Gasteiger partial charge is 0.0366 e. The second-order valence-corrected chi connectivity index (χ2v) is 6.20. The van der Waals surface area contributed by atoms with Crippen molar-refractivity contribution in [1.82, 2.24) is 5.32 Å². The Hall–Kier alpha value is -1.02. The van der Waals surface area contributed by atoms with Crippen molar-refractivity contribution in [3.8, 4) is 0 Å². The van der Waals surface area contributed by atoms with Gasteiger partial charge < -0.3 is 10.2 Å². The van der Waals surface area contributed by atoms with Gasteiger partial charge in [0.2, 0.25) is 0 Å². The number of hydrogen-bond donors (Lipinski definition) is 1. The fourth-order valence-corrected chi connectivity index (χ4v) is 2.71. The lowest BCUT2D eigenvalue weighted by Crippen LogP contribution is -2.24. The molecule has 1 saturated heterocycles. The highest BCUT2D eigenvalue weighted by Gasteiger charge is 2.22. The molecule has 18 heavy (non-hydrogen) atoms. The van der Waals surface area contributed by atoms with Gasteiger partial charge in [-0.05, 0) is 49.4 Å². The van der Waals surface area contributed by atoms with E-state index in [9.17, 15) is 0 Å². The van der Waals surface area contributed by atoms with E-state index in [-0.39, 0.29) is 0 Å². The molecule has 0 atom stereocenters. The van der Waals surface area contributed by atoms with Crippen LogP contribution in [0.3, 0.4) is 0 Å². The first-order valence-corrected chi connectivity index (χ1v) is 7.09. The zero-order valence-corrected chi connectivity index (χ0v) is 12.0. The second kappa shape index (κ2) is 5.75. The Morgan fingerprint density at radius 3 is 2.50 bits per heavy atom. The largest absolute Gasteiger partial charge is 0.372 e. The molecular weight excluding hydrogens is 220 g/mol. The van der Waals surface area contributed by atoms with Crippen LogP contribution in [0, 0.1) is 5.41 Å². The minimum absolute atomic E-state index is 0.515. The highest BCUT2D eigenvalue weighted by Crippen LogP contribution is 2.31. The van der Waals surface area contributed by atoms with Gasteiger partial charge in [-0.3, -0.25) is 0 Å². The van der Waals surface area contributed by atoms with E-state index in [1.54, 1.807) is 0 Å². The molecule has 0 unspecified atom stereocenters. The molecule has 1 N–H and O–H groups in total. The van der Waals surface area contributed by atoms with Gasteiger partial charge >= 0.3 is 0 Å². The molecule has 1 aliphatic rings. The molecule has 1 aliphatic heterocycles. The molecule has 0 bridgehead atoms. The quantitative estimate of drug-likeness (QED) is 0.879. The van der Waals surface area contributed by atoms with Gasteiger partial charge in [0, 0.05) is 25.3 Å². The highest BCUT2D eigenvalue weighted by molar-refractivity contribution is 5.47. The van der Waals surface area contributed by atoms with Crippen LogP contribution in [0.1, 0.15) is 38.7 Å². The average Bonchev–Trinajstić information content (AvgIpc) is 2.52. The predicted octanol–water partition coefficient (Wildman–Crippen LogP) is 3.42. The molecule has 0 amide bonds. The lowest BCUT2D eigenvalue weighted by molar-refractivity contribution is 0.325. The van der Waals surface area contributed by atoms with Gasteiger partial charge in [-0.1, -0.05) is 26.0 Å². The van der Waals surface area contributed by atoms with Crippen molar-refractivity contribution in [3.05, 3.63) is 29.8 Å². The average molecular weight is 246 g/mol. The van der Waals surface area contributed by atoms with E-state index in [4.69, 9.17) is 0 Å². The summed E-state index contributed by atoms with van der Waals surface area (Å²) in [6.07, 6.45) is 3.96. The molecule has 1 aromatic carbocycles. The van der Waals surface area contributed by atoms with Crippen LogP contribution in [-0.2, 0) is 6.54 Å². The summed E-state index contributed by atoms with van der Waals surface area (Å²) in [7, 11) is 1.99. The standard InChI is InChI=1S/C16H26N2/c1-16(2)9-4-11-18(12-10-16)15-7-5-14(6-8-15)13-17-3/h5-8,17H,4,9-13H2,1-3H3. The van der Waals surface area contributed by atoms with Crippen LogP contribution in [0.25, 0.3) is 0 Å². The highest BCUT2D eigenvalue weighted by atomic mass is 15.1. The van der Waals surface area contributed by atoms with E-state index < -0.39 is 0 Å². The molecule has 1 heterocycles. The molecule has 100 valence electrons. The molecule has 2 rings (SSSR count). The fourth-order valence-electron chi connectivity index (χ4n) is 2.71. The Balaban J connectivity index is 2.02. The number of nitrogens with zero attached hydrogens (tertiary/aromatic N) is 1. The van der Waals surface area contributed by atoms with Gasteiger partial charge in [-0.25, -0.2) is 0 Å². The maximum Gasteiger partial charge on any atom is 0.0366 e. The predicted molar refractivity (Wildman–Crippen MR) is 79.1 cm³/mol. The Morgan fingerprint density at radius 1 is 1.11 bits per heavy atom. The van der Waals surface area contributed by atoms with Crippen molar-refractivity contribution < 1.29 is 0 Å². The van der Waals surface area contributed by atoms with Crippen LogP contribution in [0.15, 0.2) is 24.3 Å². The molecule has 1 aromatic rings. The summed E-state index contributed by atoms with van der Waals surface area (Å²) >= 11 is 0. The number of hydrogen-bond acceptors (Lipinski definition) is 2. The number of rotatable bonds is 3. The van der Waals surface area contributed by atoms with Gasteiger partial charge in [0.1, 0.15) is 0 Å². The Morgan fingerprint density at radius 2 is 1.83 bits per heavy atom. The van der Waals surface area contributed by atoms with Gasteiger partial charge in [0.15, 0.2) is 0 Å². The summed E-state index contributed by atoms with van der Waals surface area (Å²) < 4.78 is 0. The van der Waals surface area contributed by atoms with Crippen molar-refractivity contribution in [2.24, 2.45) is 5.41 Å². The first-order valence-electron chi connectivity index (χ1n) is 7.09. The monoisotopic (exact) mass is 246 g/mol. The molecule has 1 fully saturated rings.